The first-order valence-corrected chi connectivity index (χ1v) is 11.8. The molecule has 2 aliphatic rings. The van der Waals surface area contributed by atoms with Crippen LogP contribution in [0.1, 0.15) is 15.7 Å². The predicted molar refractivity (Wildman–Crippen MR) is 116 cm³/mol. The third kappa shape index (κ3) is 3.52. The van der Waals surface area contributed by atoms with E-state index in [4.69, 9.17) is 0 Å². The van der Waals surface area contributed by atoms with Gasteiger partial charge in [0.05, 0.1) is 10.9 Å². The first-order chi connectivity index (χ1) is 14.9. The number of carbonyl (C=O) groups excluding carboxylic acids is 3. The topological polar surface area (TPSA) is 97.3 Å². The number of hydrogen-bond acceptors (Lipinski definition) is 7. The van der Waals surface area contributed by atoms with E-state index in [1.807, 2.05) is 17.5 Å². The first-order valence-electron chi connectivity index (χ1n) is 9.26. The molecule has 11 heteroatoms. The number of thiazole rings is 1. The molecule has 4 heterocycles. The van der Waals surface area contributed by atoms with E-state index in [0.717, 1.165) is 28.0 Å². The van der Waals surface area contributed by atoms with Gasteiger partial charge in [-0.3, -0.25) is 29.1 Å². The summed E-state index contributed by atoms with van der Waals surface area (Å²) in [6.07, 6.45) is 0. The summed E-state index contributed by atoms with van der Waals surface area (Å²) in [5.74, 6) is -2.59. The van der Waals surface area contributed by atoms with E-state index in [9.17, 15) is 23.6 Å². The van der Waals surface area contributed by atoms with Crippen molar-refractivity contribution >= 4 is 57.8 Å². The molecule has 0 saturated carbocycles. The van der Waals surface area contributed by atoms with Crippen molar-refractivity contribution in [3.05, 3.63) is 67.0 Å². The molecule has 31 heavy (non-hydrogen) atoms. The van der Waals surface area contributed by atoms with Gasteiger partial charge in [-0.25, -0.2) is 4.39 Å². The van der Waals surface area contributed by atoms with Gasteiger partial charge in [-0.2, -0.15) is 0 Å². The number of nitrogens with one attached hydrogen (secondary N) is 2. The molecular weight excluding hydrogens is 461 g/mol. The Labute approximate surface area is 187 Å². The number of halogens is 1. The number of anilines is 1. The van der Waals surface area contributed by atoms with Gasteiger partial charge in [0, 0.05) is 21.4 Å². The van der Waals surface area contributed by atoms with E-state index < -0.39 is 28.8 Å². The lowest BCUT2D eigenvalue weighted by molar-refractivity contribution is -0.126. The van der Waals surface area contributed by atoms with E-state index in [0.29, 0.717) is 15.6 Å². The Kier molecular flexibility index (Phi) is 5.03. The van der Waals surface area contributed by atoms with Crippen molar-refractivity contribution < 1.29 is 18.8 Å². The zero-order valence-electron chi connectivity index (χ0n) is 15.7. The summed E-state index contributed by atoms with van der Waals surface area (Å²) in [6, 6.07) is 9.07. The van der Waals surface area contributed by atoms with Crippen LogP contribution in [0.25, 0.3) is 0 Å². The number of carbonyl (C=O) groups is 3. The molecule has 2 aliphatic heterocycles. The second-order valence-electron chi connectivity index (χ2n) is 7.09. The summed E-state index contributed by atoms with van der Waals surface area (Å²) in [4.78, 5) is 51.5. The summed E-state index contributed by atoms with van der Waals surface area (Å²) in [5, 5.41) is 6.80. The number of fused-ring (bicyclic) bond motifs is 2. The van der Waals surface area contributed by atoms with Crippen molar-refractivity contribution in [2.45, 2.75) is 22.7 Å². The van der Waals surface area contributed by atoms with Crippen molar-refractivity contribution in [1.82, 2.24) is 9.88 Å². The third-order valence-electron chi connectivity index (χ3n) is 5.17. The Morgan fingerprint density at radius 2 is 1.90 bits per heavy atom. The molecule has 158 valence electrons. The molecule has 1 saturated heterocycles. The quantitative estimate of drug-likeness (QED) is 0.566. The number of imide groups is 1. The highest BCUT2D eigenvalue weighted by atomic mass is 32.2. The molecule has 0 radical (unpaired) electrons. The Bertz CT molecular complexity index is 1250. The van der Waals surface area contributed by atoms with Crippen molar-refractivity contribution in [1.29, 1.82) is 0 Å². The van der Waals surface area contributed by atoms with E-state index >= 15 is 0 Å². The number of benzene rings is 1. The fourth-order valence-electron chi connectivity index (χ4n) is 3.83. The minimum Gasteiger partial charge on any atom is -0.325 e. The van der Waals surface area contributed by atoms with Gasteiger partial charge >= 0.3 is 4.87 Å². The average Bonchev–Trinajstić information content (AvgIpc) is 3.43. The van der Waals surface area contributed by atoms with Gasteiger partial charge in [0.15, 0.2) is 0 Å². The Morgan fingerprint density at radius 3 is 2.61 bits per heavy atom. The van der Waals surface area contributed by atoms with Gasteiger partial charge in [0.1, 0.15) is 17.6 Å². The summed E-state index contributed by atoms with van der Waals surface area (Å²) in [6.45, 7) is -0.251. The maximum Gasteiger partial charge on any atom is 0.308 e. The predicted octanol–water partition coefficient (Wildman–Crippen LogP) is 2.63. The summed E-state index contributed by atoms with van der Waals surface area (Å²) < 4.78 is 14.4. The van der Waals surface area contributed by atoms with Crippen LogP contribution in [-0.2, 0) is 20.9 Å². The molecule has 0 aliphatic carbocycles. The van der Waals surface area contributed by atoms with Crippen molar-refractivity contribution in [2.75, 3.05) is 5.32 Å². The smallest absolute Gasteiger partial charge is 0.308 e. The number of thioether (sulfide) groups is 1. The van der Waals surface area contributed by atoms with Gasteiger partial charge in [-0.05, 0) is 35.7 Å². The number of aromatic nitrogens is 1. The molecule has 2 aromatic heterocycles. The maximum absolute atomic E-state index is 13.1. The average molecular weight is 476 g/mol. The van der Waals surface area contributed by atoms with Crippen molar-refractivity contribution in [3.8, 4) is 0 Å². The van der Waals surface area contributed by atoms with Gasteiger partial charge in [-0.1, -0.05) is 29.2 Å². The van der Waals surface area contributed by atoms with Crippen LogP contribution in [0, 0.1) is 11.7 Å². The van der Waals surface area contributed by atoms with Gasteiger partial charge in [-0.15, -0.1) is 11.3 Å². The molecular formula is C20H14FN3O4S3. The highest BCUT2D eigenvalue weighted by Gasteiger charge is 2.53. The number of amides is 3. The molecule has 0 spiro atoms. The molecule has 3 amide bonds. The monoisotopic (exact) mass is 475 g/mol. The normalized spacial score (nSPS) is 22.0. The number of thiophene rings is 1. The van der Waals surface area contributed by atoms with Gasteiger partial charge in [0.25, 0.3) is 0 Å². The Balaban J connectivity index is 1.50. The molecule has 1 fully saturated rings. The number of nitrogens with zero attached hydrogens (tertiary/aromatic N) is 1. The molecule has 1 aromatic carbocycles. The molecule has 2 unspecified atom stereocenters. The van der Waals surface area contributed by atoms with Crippen LogP contribution in [0.2, 0.25) is 0 Å². The fourth-order valence-corrected chi connectivity index (χ4v) is 7.52. The van der Waals surface area contributed by atoms with E-state index in [1.165, 1.54) is 40.2 Å². The first kappa shape index (κ1) is 20.2. The minimum absolute atomic E-state index is 0.251. The molecule has 5 rings (SSSR count). The lowest BCUT2D eigenvalue weighted by Gasteiger charge is -2.29. The standard InChI is InChI=1S/C20H14FN3O4S3/c21-9-3-5-10(6-4-9)22-12(25)8-24-19-16(31-20(24)28)13(11-2-1-7-29-11)14-15(30-19)18(27)23-17(14)26/h1-7,13-15H,8H2,(H,22,25)(H,23,26,27)/t13-,14?,15?/m0/s1. The highest BCUT2D eigenvalue weighted by molar-refractivity contribution is 8.00. The second-order valence-corrected chi connectivity index (χ2v) is 10.2. The van der Waals surface area contributed by atoms with Crippen LogP contribution in [0.4, 0.5) is 10.1 Å². The summed E-state index contributed by atoms with van der Waals surface area (Å²) in [7, 11) is 0. The fraction of sp³-hybridized carbons (Fsp3) is 0.200. The highest BCUT2D eigenvalue weighted by Crippen LogP contribution is 2.52. The molecule has 0 bridgehead atoms. The summed E-state index contributed by atoms with van der Waals surface area (Å²) in [5.41, 5.74) is 0.411. The molecule has 3 aromatic rings. The zero-order chi connectivity index (χ0) is 21.7. The van der Waals surface area contributed by atoms with Crippen LogP contribution >= 0.6 is 34.4 Å². The molecule has 2 N–H and O–H groups in total. The van der Waals surface area contributed by atoms with Gasteiger partial charge < -0.3 is 5.32 Å². The van der Waals surface area contributed by atoms with Crippen LogP contribution < -0.4 is 15.5 Å². The Morgan fingerprint density at radius 1 is 1.13 bits per heavy atom. The van der Waals surface area contributed by atoms with E-state index in [1.54, 1.807) is 0 Å². The number of rotatable bonds is 4. The van der Waals surface area contributed by atoms with Crippen molar-refractivity contribution in [3.63, 3.8) is 0 Å². The Hall–Kier alpha value is -2.76. The van der Waals surface area contributed by atoms with Crippen LogP contribution in [0.15, 0.2) is 51.6 Å². The van der Waals surface area contributed by atoms with Crippen molar-refractivity contribution in [2.24, 2.45) is 5.92 Å². The second kappa shape index (κ2) is 7.74. The maximum atomic E-state index is 13.1. The molecule has 7 nitrogen and oxygen atoms in total. The summed E-state index contributed by atoms with van der Waals surface area (Å²) >= 11 is 3.61. The minimum atomic E-state index is -0.660. The largest absolute Gasteiger partial charge is 0.325 e. The lowest BCUT2D eigenvalue weighted by atomic mass is 9.87. The lowest BCUT2D eigenvalue weighted by Crippen LogP contribution is -2.32. The zero-order valence-corrected chi connectivity index (χ0v) is 18.1. The third-order valence-corrected chi connectivity index (χ3v) is 8.74. The van der Waals surface area contributed by atoms with Crippen LogP contribution in [0.5, 0.6) is 0 Å². The number of hydrogen-bond donors (Lipinski definition) is 2. The van der Waals surface area contributed by atoms with Crippen LogP contribution in [0.3, 0.4) is 0 Å². The SMILES string of the molecule is O=C(Cn1c2c(sc1=O)[C@@H](c1cccs1)C1C(=O)NC(=O)C1S2)Nc1ccc(F)cc1. The van der Waals surface area contributed by atoms with Gasteiger partial charge in [0.2, 0.25) is 17.7 Å². The van der Waals surface area contributed by atoms with E-state index in [-0.39, 0.29) is 23.2 Å². The molecule has 3 atom stereocenters. The van der Waals surface area contributed by atoms with Crippen LogP contribution in [-0.4, -0.2) is 27.5 Å². The van der Waals surface area contributed by atoms with E-state index in [2.05, 4.69) is 10.6 Å².